The Morgan fingerprint density at radius 3 is 2.08 bits per heavy atom. The van der Waals surface area contributed by atoms with Crippen LogP contribution in [0, 0.1) is 17.2 Å². The maximum atomic E-state index is 9.72. The second-order valence-electron chi connectivity index (χ2n) is 6.74. The van der Waals surface area contributed by atoms with E-state index in [1.165, 1.54) is 0 Å². The van der Waals surface area contributed by atoms with E-state index in [9.17, 15) is 5.26 Å². The third-order valence-corrected chi connectivity index (χ3v) is 4.53. The second kappa shape index (κ2) is 7.49. The molecule has 0 N–H and O–H groups in total. The first-order valence-electron chi connectivity index (χ1n) is 8.85. The number of rotatable bonds is 5. The predicted molar refractivity (Wildman–Crippen MR) is 103 cm³/mol. The van der Waals surface area contributed by atoms with E-state index in [2.05, 4.69) is 36.4 Å². The average molecular weight is 345 g/mol. The van der Waals surface area contributed by atoms with Crippen molar-refractivity contribution in [3.63, 3.8) is 0 Å². The number of hydrogen-bond donors (Lipinski definition) is 0. The summed E-state index contributed by atoms with van der Waals surface area (Å²) in [6.45, 7) is 6.34. The Hall–Kier alpha value is -2.99. The van der Waals surface area contributed by atoms with E-state index in [4.69, 9.17) is 9.47 Å². The molecule has 3 heteroatoms. The number of ether oxygens (including phenoxy) is 2. The zero-order valence-corrected chi connectivity index (χ0v) is 15.4. The van der Waals surface area contributed by atoms with Crippen molar-refractivity contribution in [2.24, 2.45) is 5.92 Å². The SMILES string of the molecule is CCOC1=C(C#N)C(C=C(c2ccccc2)c2ccccc2)C(C)(C)O1. The second-order valence-corrected chi connectivity index (χ2v) is 6.74. The lowest BCUT2D eigenvalue weighted by molar-refractivity contribution is -0.0377. The van der Waals surface area contributed by atoms with Crippen molar-refractivity contribution >= 4 is 5.57 Å². The van der Waals surface area contributed by atoms with Gasteiger partial charge < -0.3 is 9.47 Å². The lowest BCUT2D eigenvalue weighted by Gasteiger charge is -2.25. The van der Waals surface area contributed by atoms with Crippen molar-refractivity contribution in [1.29, 1.82) is 5.26 Å². The van der Waals surface area contributed by atoms with Crippen molar-refractivity contribution in [3.05, 3.63) is 89.4 Å². The van der Waals surface area contributed by atoms with Crippen molar-refractivity contribution in [1.82, 2.24) is 0 Å². The summed E-state index contributed by atoms with van der Waals surface area (Å²) in [5.41, 5.74) is 3.29. The topological polar surface area (TPSA) is 42.2 Å². The Labute approximate surface area is 155 Å². The smallest absolute Gasteiger partial charge is 0.294 e. The van der Waals surface area contributed by atoms with E-state index < -0.39 is 5.60 Å². The van der Waals surface area contributed by atoms with Gasteiger partial charge in [0.2, 0.25) is 0 Å². The number of hydrogen-bond acceptors (Lipinski definition) is 3. The summed E-state index contributed by atoms with van der Waals surface area (Å²) in [6, 6.07) is 22.7. The van der Waals surface area contributed by atoms with Crippen LogP contribution in [0.2, 0.25) is 0 Å². The number of benzene rings is 2. The fraction of sp³-hybridized carbons (Fsp3) is 0.261. The number of nitriles is 1. The molecule has 1 aliphatic rings. The predicted octanol–water partition coefficient (Wildman–Crippen LogP) is 5.31. The molecule has 2 aromatic rings. The van der Waals surface area contributed by atoms with Crippen molar-refractivity contribution < 1.29 is 9.47 Å². The molecule has 3 rings (SSSR count). The van der Waals surface area contributed by atoms with Gasteiger partial charge in [0, 0.05) is 0 Å². The first-order valence-corrected chi connectivity index (χ1v) is 8.85. The number of nitrogens with zero attached hydrogens (tertiary/aromatic N) is 1. The highest BCUT2D eigenvalue weighted by Crippen LogP contribution is 2.42. The van der Waals surface area contributed by atoms with Gasteiger partial charge in [0.15, 0.2) is 0 Å². The van der Waals surface area contributed by atoms with Crippen LogP contribution in [0.15, 0.2) is 78.3 Å². The van der Waals surface area contributed by atoms with Gasteiger partial charge in [-0.15, -0.1) is 0 Å². The highest BCUT2D eigenvalue weighted by molar-refractivity contribution is 5.80. The Morgan fingerprint density at radius 1 is 1.08 bits per heavy atom. The Bertz CT molecular complexity index is 817. The van der Waals surface area contributed by atoms with Gasteiger partial charge in [-0.3, -0.25) is 0 Å². The summed E-state index contributed by atoms with van der Waals surface area (Å²) in [6.07, 6.45) is 2.13. The van der Waals surface area contributed by atoms with Crippen LogP contribution in [-0.4, -0.2) is 12.2 Å². The lowest BCUT2D eigenvalue weighted by atomic mass is 9.83. The Kier molecular flexibility index (Phi) is 5.14. The summed E-state index contributed by atoms with van der Waals surface area (Å²) < 4.78 is 11.5. The van der Waals surface area contributed by atoms with Crippen LogP contribution in [0.25, 0.3) is 5.57 Å². The van der Waals surface area contributed by atoms with Gasteiger partial charge in [-0.25, -0.2) is 0 Å². The van der Waals surface area contributed by atoms with E-state index in [1.54, 1.807) is 0 Å². The molecule has 2 aromatic carbocycles. The van der Waals surface area contributed by atoms with Gasteiger partial charge in [0.1, 0.15) is 17.2 Å². The lowest BCUT2D eigenvalue weighted by Crippen LogP contribution is -2.28. The molecule has 0 spiro atoms. The molecule has 1 heterocycles. The third kappa shape index (κ3) is 3.50. The summed E-state index contributed by atoms with van der Waals surface area (Å²) in [5.74, 6) is 0.159. The molecule has 3 nitrogen and oxygen atoms in total. The maximum Gasteiger partial charge on any atom is 0.294 e. The molecule has 0 fully saturated rings. The zero-order valence-electron chi connectivity index (χ0n) is 15.4. The van der Waals surface area contributed by atoms with Crippen LogP contribution < -0.4 is 0 Å². The molecule has 0 bridgehead atoms. The van der Waals surface area contributed by atoms with Crippen LogP contribution in [-0.2, 0) is 9.47 Å². The van der Waals surface area contributed by atoms with Gasteiger partial charge in [-0.2, -0.15) is 5.26 Å². The molecule has 1 aliphatic heterocycles. The van der Waals surface area contributed by atoms with Crippen LogP contribution in [0.5, 0.6) is 0 Å². The van der Waals surface area contributed by atoms with Gasteiger partial charge in [0.05, 0.1) is 12.5 Å². The zero-order chi connectivity index (χ0) is 18.6. The molecule has 0 saturated heterocycles. The maximum absolute atomic E-state index is 9.72. The molecular weight excluding hydrogens is 322 g/mol. The summed E-state index contributed by atoms with van der Waals surface area (Å²) >= 11 is 0. The quantitative estimate of drug-likeness (QED) is 0.737. The summed E-state index contributed by atoms with van der Waals surface area (Å²) in [7, 11) is 0. The van der Waals surface area contributed by atoms with Crippen LogP contribution in [0.1, 0.15) is 31.9 Å². The molecule has 26 heavy (non-hydrogen) atoms. The first kappa shape index (κ1) is 17.8. The molecule has 0 radical (unpaired) electrons. The van der Waals surface area contributed by atoms with Crippen molar-refractivity contribution in [2.75, 3.05) is 6.61 Å². The van der Waals surface area contributed by atoms with Crippen LogP contribution in [0.4, 0.5) is 0 Å². The molecular formula is C23H23NO2. The highest BCUT2D eigenvalue weighted by atomic mass is 16.7. The largest absolute Gasteiger partial charge is 0.465 e. The molecule has 0 aliphatic carbocycles. The standard InChI is InChI=1S/C23H23NO2/c1-4-25-22-20(16-24)21(23(2,3)26-22)15-19(17-11-7-5-8-12-17)18-13-9-6-10-14-18/h5-15,21H,4H2,1-3H3. The minimum Gasteiger partial charge on any atom is -0.465 e. The van der Waals surface area contributed by atoms with Crippen LogP contribution in [0.3, 0.4) is 0 Å². The van der Waals surface area contributed by atoms with Crippen LogP contribution >= 0.6 is 0 Å². The van der Waals surface area contributed by atoms with Gasteiger partial charge >= 0.3 is 0 Å². The molecule has 1 unspecified atom stereocenters. The Morgan fingerprint density at radius 2 is 1.62 bits per heavy atom. The molecule has 1 atom stereocenters. The van der Waals surface area contributed by atoms with E-state index in [0.29, 0.717) is 18.1 Å². The van der Waals surface area contributed by atoms with Crippen molar-refractivity contribution in [3.8, 4) is 6.07 Å². The minimum atomic E-state index is -0.551. The highest BCUT2D eigenvalue weighted by Gasteiger charge is 2.43. The van der Waals surface area contributed by atoms with Gasteiger partial charge in [-0.1, -0.05) is 66.7 Å². The van der Waals surface area contributed by atoms with E-state index in [-0.39, 0.29) is 5.92 Å². The molecule has 0 saturated carbocycles. The molecule has 0 aromatic heterocycles. The monoisotopic (exact) mass is 345 g/mol. The van der Waals surface area contributed by atoms with E-state index >= 15 is 0 Å². The van der Waals surface area contributed by atoms with E-state index in [0.717, 1.165) is 16.7 Å². The average Bonchev–Trinajstić information content (AvgIpc) is 2.90. The molecule has 132 valence electrons. The summed E-state index contributed by atoms with van der Waals surface area (Å²) in [4.78, 5) is 0. The minimum absolute atomic E-state index is 0.190. The van der Waals surface area contributed by atoms with Crippen molar-refractivity contribution in [2.45, 2.75) is 26.4 Å². The van der Waals surface area contributed by atoms with Gasteiger partial charge in [-0.05, 0) is 37.5 Å². The summed E-state index contributed by atoms with van der Waals surface area (Å²) in [5, 5.41) is 9.72. The van der Waals surface area contributed by atoms with Gasteiger partial charge in [0.25, 0.3) is 5.95 Å². The molecule has 0 amide bonds. The Balaban J connectivity index is 2.14. The fourth-order valence-corrected chi connectivity index (χ4v) is 3.23. The normalized spacial score (nSPS) is 18.0. The fourth-order valence-electron chi connectivity index (χ4n) is 3.23. The van der Waals surface area contributed by atoms with E-state index in [1.807, 2.05) is 57.2 Å². The first-order chi connectivity index (χ1) is 12.6. The third-order valence-electron chi connectivity index (χ3n) is 4.53.